The molecular weight excluding hydrogens is 364 g/mol. The van der Waals surface area contributed by atoms with E-state index in [1.807, 2.05) is 12.1 Å². The molecule has 0 amide bonds. The zero-order chi connectivity index (χ0) is 19.3. The lowest BCUT2D eigenvalue weighted by Gasteiger charge is -2.40. The van der Waals surface area contributed by atoms with E-state index >= 15 is 0 Å². The van der Waals surface area contributed by atoms with E-state index in [2.05, 4.69) is 40.8 Å². The number of fused-ring (bicyclic) bond motifs is 1. The summed E-state index contributed by atoms with van der Waals surface area (Å²) in [6.45, 7) is 13.3. The number of hydrogen-bond donors (Lipinski definition) is 0. The molecule has 6 heteroatoms. The quantitative estimate of drug-likeness (QED) is 0.556. The zero-order valence-corrected chi connectivity index (χ0v) is 18.3. The van der Waals surface area contributed by atoms with Crippen LogP contribution in [0.15, 0.2) is 46.2 Å². The molecule has 3 rings (SSSR count). The van der Waals surface area contributed by atoms with Crippen LogP contribution in [-0.4, -0.2) is 35.0 Å². The zero-order valence-electron chi connectivity index (χ0n) is 16.5. The van der Waals surface area contributed by atoms with Crippen LogP contribution in [0.1, 0.15) is 34.1 Å². The van der Waals surface area contributed by atoms with Crippen molar-refractivity contribution < 1.29 is 17.6 Å². The van der Waals surface area contributed by atoms with Crippen LogP contribution in [0.5, 0.6) is 0 Å². The maximum absolute atomic E-state index is 13.1. The third kappa shape index (κ3) is 3.57. The molecule has 26 heavy (non-hydrogen) atoms. The average Bonchev–Trinajstić information content (AvgIpc) is 3.33. The Kier molecular flexibility index (Phi) is 5.01. The fourth-order valence-electron chi connectivity index (χ4n) is 3.24. The molecule has 0 N–H and O–H groups in total. The van der Waals surface area contributed by atoms with Crippen LogP contribution in [-0.2, 0) is 19.0 Å². The molecule has 1 aromatic rings. The Labute approximate surface area is 158 Å². The van der Waals surface area contributed by atoms with Crippen molar-refractivity contribution in [2.45, 2.75) is 75.5 Å². The molecule has 1 aliphatic heterocycles. The Hall–Kier alpha value is -0.953. The van der Waals surface area contributed by atoms with E-state index in [0.717, 1.165) is 0 Å². The van der Waals surface area contributed by atoms with Gasteiger partial charge in [-0.15, -0.1) is 0 Å². The summed E-state index contributed by atoms with van der Waals surface area (Å²) >= 11 is 0. The molecule has 0 saturated carbocycles. The highest BCUT2D eigenvalue weighted by atomic mass is 32.2. The fourth-order valence-corrected chi connectivity index (χ4v) is 6.26. The molecule has 1 saturated heterocycles. The maximum atomic E-state index is 13.1. The number of epoxide rings is 1. The lowest BCUT2D eigenvalue weighted by molar-refractivity contribution is 0.109. The summed E-state index contributed by atoms with van der Waals surface area (Å²) in [4.78, 5) is 0.735. The van der Waals surface area contributed by atoms with Gasteiger partial charge in [-0.1, -0.05) is 52.0 Å². The highest BCUT2D eigenvalue weighted by Gasteiger charge is 2.54. The van der Waals surface area contributed by atoms with Crippen molar-refractivity contribution in [2.24, 2.45) is 5.92 Å². The summed E-state index contributed by atoms with van der Waals surface area (Å²) in [6, 6.07) is 8.61. The molecule has 4 nitrogen and oxygen atoms in total. The van der Waals surface area contributed by atoms with Gasteiger partial charge in [0.05, 0.1) is 22.0 Å². The van der Waals surface area contributed by atoms with Gasteiger partial charge in [-0.25, -0.2) is 8.42 Å². The van der Waals surface area contributed by atoms with Crippen LogP contribution in [0.2, 0.25) is 18.1 Å². The second-order valence-corrected chi connectivity index (χ2v) is 15.7. The van der Waals surface area contributed by atoms with Crippen molar-refractivity contribution in [1.29, 1.82) is 0 Å². The molecule has 2 aliphatic rings. The van der Waals surface area contributed by atoms with Crippen LogP contribution in [0.25, 0.3) is 0 Å². The molecule has 1 fully saturated rings. The highest BCUT2D eigenvalue weighted by Crippen LogP contribution is 2.46. The van der Waals surface area contributed by atoms with Gasteiger partial charge in [0.25, 0.3) is 0 Å². The van der Waals surface area contributed by atoms with Crippen LogP contribution in [0, 0.1) is 5.92 Å². The standard InChI is InChI=1S/C20H30O4SSi/c1-14-16(24-26(5,6)20(2,3)4)12-13-17(19-18(14)23-19)25(21,22)15-10-8-7-9-11-15/h7-11,13-14,16,18-19H,12H2,1-6H3/t14-,16-,18-,19+/m0/s1. The lowest BCUT2D eigenvalue weighted by atomic mass is 9.99. The van der Waals surface area contributed by atoms with Gasteiger partial charge in [-0.2, -0.15) is 0 Å². The molecule has 0 radical (unpaired) electrons. The smallest absolute Gasteiger partial charge is 0.205 e. The van der Waals surface area contributed by atoms with Crippen LogP contribution in [0.3, 0.4) is 0 Å². The molecule has 1 aliphatic carbocycles. The second-order valence-electron chi connectivity index (χ2n) is 8.96. The van der Waals surface area contributed by atoms with Crippen molar-refractivity contribution >= 4 is 18.2 Å². The summed E-state index contributed by atoms with van der Waals surface area (Å²) in [7, 11) is -5.45. The first kappa shape index (κ1) is 19.8. The van der Waals surface area contributed by atoms with Crippen LogP contribution < -0.4 is 0 Å². The van der Waals surface area contributed by atoms with E-state index in [4.69, 9.17) is 9.16 Å². The number of hydrogen-bond acceptors (Lipinski definition) is 4. The van der Waals surface area contributed by atoms with Crippen molar-refractivity contribution in [2.75, 3.05) is 0 Å². The monoisotopic (exact) mass is 394 g/mol. The van der Waals surface area contributed by atoms with Gasteiger partial charge >= 0.3 is 0 Å². The molecule has 1 heterocycles. The van der Waals surface area contributed by atoms with Crippen molar-refractivity contribution in [3.63, 3.8) is 0 Å². The van der Waals surface area contributed by atoms with E-state index in [1.165, 1.54) is 0 Å². The van der Waals surface area contributed by atoms with E-state index < -0.39 is 18.2 Å². The van der Waals surface area contributed by atoms with Gasteiger partial charge in [-0.3, -0.25) is 0 Å². The summed E-state index contributed by atoms with van der Waals surface area (Å²) in [5, 5.41) is 0.117. The summed E-state index contributed by atoms with van der Waals surface area (Å²) in [5.74, 6) is 0.175. The van der Waals surface area contributed by atoms with Gasteiger partial charge in [-0.05, 0) is 36.7 Å². The Morgan fingerprint density at radius 2 is 1.77 bits per heavy atom. The van der Waals surface area contributed by atoms with E-state index in [9.17, 15) is 8.42 Å². The SMILES string of the molecule is C[C@@H]1[C@@H]2O[C@@H]2C(S(=O)(=O)c2ccccc2)=CC[C@@H]1O[Si](C)(C)C(C)(C)C. The number of rotatable bonds is 4. The Morgan fingerprint density at radius 1 is 1.15 bits per heavy atom. The van der Waals surface area contributed by atoms with Gasteiger partial charge < -0.3 is 9.16 Å². The topological polar surface area (TPSA) is 55.9 Å². The number of ether oxygens (including phenoxy) is 1. The molecular formula is C20H30O4SSi. The van der Waals surface area contributed by atoms with Gasteiger partial charge in [0.15, 0.2) is 8.32 Å². The van der Waals surface area contributed by atoms with E-state index in [1.54, 1.807) is 24.3 Å². The van der Waals surface area contributed by atoms with Gasteiger partial charge in [0, 0.05) is 5.92 Å². The third-order valence-corrected chi connectivity index (χ3v) is 12.5. The van der Waals surface area contributed by atoms with Crippen LogP contribution >= 0.6 is 0 Å². The molecule has 0 spiro atoms. The summed E-state index contributed by atoms with van der Waals surface area (Å²) in [6.07, 6.45) is 2.05. The average molecular weight is 395 g/mol. The summed E-state index contributed by atoms with van der Waals surface area (Å²) in [5.41, 5.74) is 0. The molecule has 0 bridgehead atoms. The largest absolute Gasteiger partial charge is 0.413 e. The fraction of sp³-hybridized carbons (Fsp3) is 0.600. The highest BCUT2D eigenvalue weighted by molar-refractivity contribution is 7.95. The molecule has 4 atom stereocenters. The van der Waals surface area contributed by atoms with Gasteiger partial charge in [0.2, 0.25) is 9.84 Å². The Balaban J connectivity index is 1.88. The second kappa shape index (κ2) is 6.58. The normalized spacial score (nSPS) is 29.5. The first-order valence-electron chi connectivity index (χ1n) is 9.28. The van der Waals surface area contributed by atoms with Crippen molar-refractivity contribution in [3.8, 4) is 0 Å². The van der Waals surface area contributed by atoms with E-state index in [-0.39, 0.29) is 29.3 Å². The van der Waals surface area contributed by atoms with Gasteiger partial charge in [0.1, 0.15) is 6.10 Å². The first-order chi connectivity index (χ1) is 11.9. The Bertz CT molecular complexity index is 793. The molecule has 144 valence electrons. The minimum Gasteiger partial charge on any atom is -0.413 e. The maximum Gasteiger partial charge on any atom is 0.205 e. The minimum atomic E-state index is -3.52. The summed E-state index contributed by atoms with van der Waals surface area (Å²) < 4.78 is 38.5. The predicted octanol–water partition coefficient (Wildman–Crippen LogP) is 4.54. The number of benzene rings is 1. The lowest BCUT2D eigenvalue weighted by Crippen LogP contribution is -2.46. The third-order valence-electron chi connectivity index (χ3n) is 6.08. The van der Waals surface area contributed by atoms with Crippen molar-refractivity contribution in [1.82, 2.24) is 0 Å². The Morgan fingerprint density at radius 3 is 2.35 bits per heavy atom. The van der Waals surface area contributed by atoms with Crippen LogP contribution in [0.4, 0.5) is 0 Å². The minimum absolute atomic E-state index is 0.00522. The van der Waals surface area contributed by atoms with Crippen molar-refractivity contribution in [3.05, 3.63) is 41.3 Å². The predicted molar refractivity (Wildman–Crippen MR) is 106 cm³/mol. The number of sulfone groups is 1. The molecule has 1 aromatic carbocycles. The van der Waals surface area contributed by atoms with E-state index in [0.29, 0.717) is 16.2 Å². The molecule has 0 aromatic heterocycles. The molecule has 0 unspecified atom stereocenters. The first-order valence-corrected chi connectivity index (χ1v) is 13.7.